The summed E-state index contributed by atoms with van der Waals surface area (Å²) in [6, 6.07) is 14.3. The number of aromatic nitrogens is 1. The van der Waals surface area contributed by atoms with E-state index in [0.717, 1.165) is 42.9 Å². The van der Waals surface area contributed by atoms with Crippen LogP contribution >= 0.6 is 0 Å². The number of nitrogens with zero attached hydrogens (tertiary/aromatic N) is 4. The van der Waals surface area contributed by atoms with Gasteiger partial charge in [0.25, 0.3) is 11.8 Å². The third-order valence-electron chi connectivity index (χ3n) is 6.66. The number of rotatable bonds is 3. The van der Waals surface area contributed by atoms with Gasteiger partial charge in [0, 0.05) is 44.7 Å². The molecule has 9 heteroatoms. The molecule has 2 aliphatic rings. The first kappa shape index (κ1) is 23.1. The van der Waals surface area contributed by atoms with Crippen molar-refractivity contribution in [2.75, 3.05) is 44.2 Å². The highest BCUT2D eigenvalue weighted by Crippen LogP contribution is 2.33. The average Bonchev–Trinajstić information content (AvgIpc) is 3.42. The molecule has 5 rings (SSSR count). The summed E-state index contributed by atoms with van der Waals surface area (Å²) in [6.07, 6.45) is -2.52. The zero-order valence-electron chi connectivity index (χ0n) is 19.1. The third-order valence-corrected chi connectivity index (χ3v) is 6.66. The van der Waals surface area contributed by atoms with E-state index in [9.17, 15) is 22.8 Å². The van der Waals surface area contributed by atoms with E-state index >= 15 is 0 Å². The number of carbonyl (C=O) groups is 2. The lowest BCUT2D eigenvalue weighted by Gasteiger charge is -2.35. The minimum atomic E-state index is -4.61. The molecule has 0 bridgehead atoms. The van der Waals surface area contributed by atoms with Gasteiger partial charge in [0.05, 0.1) is 22.2 Å². The van der Waals surface area contributed by atoms with E-state index in [1.54, 1.807) is 4.90 Å². The SMILES string of the molecule is O=C(c1ccccc1C(F)(F)F)N1CCN(C(=O)c2cc3ccccc3nc2N2CCCC2)CC1. The fraction of sp³-hybridized carbons (Fsp3) is 0.346. The van der Waals surface area contributed by atoms with Crippen molar-refractivity contribution in [1.29, 1.82) is 0 Å². The van der Waals surface area contributed by atoms with E-state index in [4.69, 9.17) is 4.98 Å². The topological polar surface area (TPSA) is 56.8 Å². The molecule has 182 valence electrons. The third kappa shape index (κ3) is 4.54. The van der Waals surface area contributed by atoms with E-state index in [0.29, 0.717) is 11.4 Å². The maximum absolute atomic E-state index is 13.6. The summed E-state index contributed by atoms with van der Waals surface area (Å²) in [5.41, 5.74) is 0.0355. The molecule has 2 amide bonds. The van der Waals surface area contributed by atoms with Crippen LogP contribution in [0.2, 0.25) is 0 Å². The van der Waals surface area contributed by atoms with Crippen LogP contribution in [0.25, 0.3) is 10.9 Å². The predicted molar refractivity (Wildman–Crippen MR) is 126 cm³/mol. The summed E-state index contributed by atoms with van der Waals surface area (Å²) in [6.45, 7) is 2.49. The minimum absolute atomic E-state index is 0.164. The molecule has 3 heterocycles. The molecule has 0 unspecified atom stereocenters. The zero-order valence-corrected chi connectivity index (χ0v) is 19.1. The lowest BCUT2D eigenvalue weighted by Crippen LogP contribution is -2.51. The van der Waals surface area contributed by atoms with Gasteiger partial charge < -0.3 is 14.7 Å². The summed E-state index contributed by atoms with van der Waals surface area (Å²) in [4.78, 5) is 36.4. The second kappa shape index (κ2) is 9.20. The lowest BCUT2D eigenvalue weighted by atomic mass is 10.1. The highest BCUT2D eigenvalue weighted by atomic mass is 19.4. The van der Waals surface area contributed by atoms with Gasteiger partial charge in [0.15, 0.2) is 0 Å². The Morgan fingerprint density at radius 2 is 1.31 bits per heavy atom. The van der Waals surface area contributed by atoms with Crippen LogP contribution in [0.5, 0.6) is 0 Å². The molecule has 0 N–H and O–H groups in total. The summed E-state index contributed by atoms with van der Waals surface area (Å²) in [7, 11) is 0. The number of hydrogen-bond donors (Lipinski definition) is 0. The molecule has 1 aromatic heterocycles. The van der Waals surface area contributed by atoms with Crippen molar-refractivity contribution < 1.29 is 22.8 Å². The predicted octanol–water partition coefficient (Wildman–Crippen LogP) is 4.45. The number of para-hydroxylation sites is 1. The highest BCUT2D eigenvalue weighted by Gasteiger charge is 2.37. The van der Waals surface area contributed by atoms with Crippen LogP contribution in [0, 0.1) is 0 Å². The molecule has 0 spiro atoms. The van der Waals surface area contributed by atoms with Gasteiger partial charge in [0.1, 0.15) is 5.82 Å². The first-order valence-electron chi connectivity index (χ1n) is 11.7. The number of pyridine rings is 1. The molecule has 6 nitrogen and oxygen atoms in total. The number of hydrogen-bond acceptors (Lipinski definition) is 4. The van der Waals surface area contributed by atoms with Crippen molar-refractivity contribution in [1.82, 2.24) is 14.8 Å². The molecule has 0 radical (unpaired) electrons. The number of halogens is 3. The van der Waals surface area contributed by atoms with Gasteiger partial charge in [-0.3, -0.25) is 9.59 Å². The van der Waals surface area contributed by atoms with Crippen LogP contribution in [-0.2, 0) is 6.18 Å². The molecule has 0 aliphatic carbocycles. The summed E-state index contributed by atoms with van der Waals surface area (Å²) in [5, 5.41) is 0.872. The van der Waals surface area contributed by atoms with Crippen molar-refractivity contribution in [3.8, 4) is 0 Å². The van der Waals surface area contributed by atoms with Gasteiger partial charge in [0.2, 0.25) is 0 Å². The molecule has 2 aliphatic heterocycles. The number of amides is 2. The van der Waals surface area contributed by atoms with Gasteiger partial charge in [-0.1, -0.05) is 30.3 Å². The Bertz CT molecular complexity index is 1260. The zero-order chi connectivity index (χ0) is 24.6. The number of anilines is 1. The maximum atomic E-state index is 13.6. The van der Waals surface area contributed by atoms with Crippen molar-refractivity contribution in [3.05, 3.63) is 71.3 Å². The Morgan fingerprint density at radius 3 is 1.97 bits per heavy atom. The van der Waals surface area contributed by atoms with E-state index in [1.165, 1.54) is 23.1 Å². The standard InChI is InChI=1S/C26H25F3N4O2/c27-26(28,29)21-9-3-2-8-19(21)24(34)32-13-15-33(16-14-32)25(35)20-17-18-7-1-4-10-22(18)30-23(20)31-11-5-6-12-31/h1-4,7-10,17H,5-6,11-16H2. The molecule has 0 atom stereocenters. The summed E-state index contributed by atoms with van der Waals surface area (Å²) < 4.78 is 40.1. The van der Waals surface area contributed by atoms with Gasteiger partial charge in [-0.15, -0.1) is 0 Å². The normalized spacial score (nSPS) is 16.7. The Labute approximate surface area is 200 Å². The van der Waals surface area contributed by atoms with Crippen LogP contribution in [0.4, 0.5) is 19.0 Å². The van der Waals surface area contributed by atoms with Gasteiger partial charge in [-0.05, 0) is 37.1 Å². The largest absolute Gasteiger partial charge is 0.417 e. The molecule has 2 aromatic carbocycles. The van der Waals surface area contributed by atoms with Crippen molar-refractivity contribution >= 4 is 28.5 Å². The molecule has 35 heavy (non-hydrogen) atoms. The van der Waals surface area contributed by atoms with Crippen LogP contribution in [0.15, 0.2) is 54.6 Å². The molecule has 3 aromatic rings. The van der Waals surface area contributed by atoms with Crippen LogP contribution < -0.4 is 4.90 Å². The number of benzene rings is 2. The molecular formula is C26H25F3N4O2. The monoisotopic (exact) mass is 482 g/mol. The number of piperazine rings is 1. The van der Waals surface area contributed by atoms with Gasteiger partial charge >= 0.3 is 6.18 Å². The number of carbonyl (C=O) groups excluding carboxylic acids is 2. The Hall–Kier alpha value is -3.62. The van der Waals surface area contributed by atoms with Crippen molar-refractivity contribution in [2.45, 2.75) is 19.0 Å². The Morgan fingerprint density at radius 1 is 0.743 bits per heavy atom. The summed E-state index contributed by atoms with van der Waals surface area (Å²) in [5.74, 6) is -0.174. The minimum Gasteiger partial charge on any atom is -0.356 e. The second-order valence-electron chi connectivity index (χ2n) is 8.87. The quantitative estimate of drug-likeness (QED) is 0.554. The first-order valence-corrected chi connectivity index (χ1v) is 11.7. The second-order valence-corrected chi connectivity index (χ2v) is 8.87. The average molecular weight is 483 g/mol. The van der Waals surface area contributed by atoms with E-state index in [-0.39, 0.29) is 37.6 Å². The smallest absolute Gasteiger partial charge is 0.356 e. The van der Waals surface area contributed by atoms with E-state index < -0.39 is 17.6 Å². The fourth-order valence-corrected chi connectivity index (χ4v) is 4.80. The van der Waals surface area contributed by atoms with Gasteiger partial charge in [-0.25, -0.2) is 4.98 Å². The molecule has 2 saturated heterocycles. The lowest BCUT2D eigenvalue weighted by molar-refractivity contribution is -0.138. The van der Waals surface area contributed by atoms with E-state index in [2.05, 4.69) is 4.90 Å². The first-order chi connectivity index (χ1) is 16.8. The molecule has 2 fully saturated rings. The maximum Gasteiger partial charge on any atom is 0.417 e. The van der Waals surface area contributed by atoms with Crippen LogP contribution in [-0.4, -0.2) is 65.9 Å². The number of alkyl halides is 3. The van der Waals surface area contributed by atoms with Crippen molar-refractivity contribution in [3.63, 3.8) is 0 Å². The Balaban J connectivity index is 1.35. The van der Waals surface area contributed by atoms with Gasteiger partial charge in [-0.2, -0.15) is 13.2 Å². The summed E-state index contributed by atoms with van der Waals surface area (Å²) >= 11 is 0. The molecule has 0 saturated carbocycles. The Kier molecular flexibility index (Phi) is 6.08. The fourth-order valence-electron chi connectivity index (χ4n) is 4.80. The number of fused-ring (bicyclic) bond motifs is 1. The van der Waals surface area contributed by atoms with Crippen LogP contribution in [0.3, 0.4) is 0 Å². The van der Waals surface area contributed by atoms with Crippen molar-refractivity contribution in [2.24, 2.45) is 0 Å². The highest BCUT2D eigenvalue weighted by molar-refractivity contribution is 6.03. The van der Waals surface area contributed by atoms with Crippen LogP contribution in [0.1, 0.15) is 39.1 Å². The molecular weight excluding hydrogens is 457 g/mol. The van der Waals surface area contributed by atoms with E-state index in [1.807, 2.05) is 30.3 Å².